The summed E-state index contributed by atoms with van der Waals surface area (Å²) in [6.07, 6.45) is 4.31. The summed E-state index contributed by atoms with van der Waals surface area (Å²) >= 11 is 1.72. The highest BCUT2D eigenvalue weighted by atomic mass is 32.2. The van der Waals surface area contributed by atoms with E-state index in [1.54, 1.807) is 30.6 Å². The Bertz CT molecular complexity index is 921. The van der Waals surface area contributed by atoms with E-state index in [1.165, 1.54) is 11.1 Å². The molecule has 33 heavy (non-hydrogen) atoms. The first-order chi connectivity index (χ1) is 15.7. The van der Waals surface area contributed by atoms with Crippen molar-refractivity contribution in [3.05, 3.63) is 35.4 Å². The van der Waals surface area contributed by atoms with Gasteiger partial charge in [0.25, 0.3) is 0 Å². The minimum absolute atomic E-state index is 0.0287. The molecule has 0 aromatic heterocycles. The second-order valence-electron chi connectivity index (χ2n) is 10.2. The molecule has 2 aliphatic heterocycles. The van der Waals surface area contributed by atoms with Gasteiger partial charge in [0.1, 0.15) is 12.1 Å². The zero-order valence-electron chi connectivity index (χ0n) is 20.0. The predicted molar refractivity (Wildman–Crippen MR) is 131 cm³/mol. The highest BCUT2D eigenvalue weighted by Crippen LogP contribution is 2.46. The lowest BCUT2D eigenvalue weighted by atomic mass is 9.83. The number of amides is 3. The molecule has 5 atom stereocenters. The van der Waals surface area contributed by atoms with Gasteiger partial charge in [-0.1, -0.05) is 38.1 Å². The van der Waals surface area contributed by atoms with Gasteiger partial charge >= 0.3 is 0 Å². The van der Waals surface area contributed by atoms with Crippen molar-refractivity contribution in [1.29, 1.82) is 0 Å². The van der Waals surface area contributed by atoms with Crippen molar-refractivity contribution >= 4 is 29.5 Å². The molecule has 8 heteroatoms. The van der Waals surface area contributed by atoms with Crippen molar-refractivity contribution in [3.63, 3.8) is 0 Å². The van der Waals surface area contributed by atoms with Crippen LogP contribution < -0.4 is 16.0 Å². The van der Waals surface area contributed by atoms with E-state index >= 15 is 0 Å². The molecule has 0 bridgehead atoms. The van der Waals surface area contributed by atoms with Crippen LogP contribution in [0, 0.1) is 5.41 Å². The van der Waals surface area contributed by atoms with Gasteiger partial charge in [-0.2, -0.15) is 0 Å². The first kappa shape index (κ1) is 24.1. The highest BCUT2D eigenvalue weighted by Gasteiger charge is 2.54. The van der Waals surface area contributed by atoms with Crippen molar-refractivity contribution < 1.29 is 14.4 Å². The zero-order valence-corrected chi connectivity index (χ0v) is 20.8. The van der Waals surface area contributed by atoms with Gasteiger partial charge in [-0.3, -0.25) is 14.4 Å². The zero-order chi connectivity index (χ0) is 23.8. The molecule has 2 saturated heterocycles. The summed E-state index contributed by atoms with van der Waals surface area (Å²) in [5, 5.41) is 9.07. The average Bonchev–Trinajstić information content (AvgIpc) is 2.99. The maximum absolute atomic E-state index is 13.7. The fourth-order valence-corrected chi connectivity index (χ4v) is 7.01. The van der Waals surface area contributed by atoms with Gasteiger partial charge in [0, 0.05) is 0 Å². The Balaban J connectivity index is 1.56. The molecular formula is C25H36N4O3S. The number of benzene rings is 1. The number of rotatable bonds is 5. The van der Waals surface area contributed by atoms with Gasteiger partial charge in [0.2, 0.25) is 17.7 Å². The molecule has 1 aromatic rings. The number of aryl methyl sites for hydroxylation is 1. The van der Waals surface area contributed by atoms with E-state index in [-0.39, 0.29) is 40.6 Å². The molecule has 2 heterocycles. The molecule has 4 rings (SSSR count). The van der Waals surface area contributed by atoms with Gasteiger partial charge in [-0.25, -0.2) is 0 Å². The number of nitrogens with zero attached hydrogens (tertiary/aromatic N) is 1. The summed E-state index contributed by atoms with van der Waals surface area (Å²) in [7, 11) is 1.72. The van der Waals surface area contributed by atoms with Gasteiger partial charge in [-0.05, 0) is 68.4 Å². The molecule has 180 valence electrons. The lowest BCUT2D eigenvalue weighted by Crippen LogP contribution is -2.58. The Morgan fingerprint density at radius 2 is 1.91 bits per heavy atom. The topological polar surface area (TPSA) is 90.5 Å². The molecule has 1 aliphatic carbocycles. The fourth-order valence-electron chi connectivity index (χ4n) is 5.43. The SMILES string of the molecule is CN[C@@H](C)C(=O)N[C@H]1CCS[C@H]2CC(C)(C)C(C(=O)N[C@@H]3CCCc4ccccc43)N2C1=O. The Kier molecular flexibility index (Phi) is 7.05. The maximum atomic E-state index is 13.7. The molecule has 3 aliphatic rings. The average molecular weight is 473 g/mol. The second-order valence-corrected chi connectivity index (χ2v) is 11.5. The monoisotopic (exact) mass is 472 g/mol. The van der Waals surface area contributed by atoms with E-state index in [9.17, 15) is 14.4 Å². The van der Waals surface area contributed by atoms with Crippen molar-refractivity contribution in [2.24, 2.45) is 5.41 Å². The lowest BCUT2D eigenvalue weighted by Gasteiger charge is -2.36. The van der Waals surface area contributed by atoms with Crippen LogP contribution in [0.1, 0.15) is 63.6 Å². The normalized spacial score (nSPS) is 29.5. The number of nitrogens with one attached hydrogen (secondary N) is 3. The van der Waals surface area contributed by atoms with Crippen LogP contribution in [0.5, 0.6) is 0 Å². The minimum atomic E-state index is -0.606. The summed E-state index contributed by atoms with van der Waals surface area (Å²) in [5.74, 6) is 0.342. The molecular weight excluding hydrogens is 436 g/mol. The number of hydrogen-bond donors (Lipinski definition) is 3. The van der Waals surface area contributed by atoms with Crippen LogP contribution in [0.15, 0.2) is 24.3 Å². The highest BCUT2D eigenvalue weighted by molar-refractivity contribution is 7.99. The molecule has 1 unspecified atom stereocenters. The van der Waals surface area contributed by atoms with Crippen molar-refractivity contribution in [2.75, 3.05) is 12.8 Å². The van der Waals surface area contributed by atoms with Crippen LogP contribution in [0.3, 0.4) is 0 Å². The standard InChI is InChI=1S/C25H36N4O3S/c1-15(26-4)22(30)28-19-12-13-33-20-14-25(2,3)21(29(20)24(19)32)23(31)27-18-11-7-9-16-8-5-6-10-17(16)18/h5-6,8,10,15,18-21,26H,7,9,11-14H2,1-4H3,(H,27,31)(H,28,30)/t15-,18+,19-,20-,21?/m0/s1. The summed E-state index contributed by atoms with van der Waals surface area (Å²) in [4.78, 5) is 41.6. The van der Waals surface area contributed by atoms with Crippen LogP contribution in [0.4, 0.5) is 0 Å². The maximum Gasteiger partial charge on any atom is 0.246 e. The third-order valence-corrected chi connectivity index (χ3v) is 8.63. The van der Waals surface area contributed by atoms with Crippen LogP contribution in [-0.2, 0) is 20.8 Å². The van der Waals surface area contributed by atoms with Gasteiger partial charge in [-0.15, -0.1) is 11.8 Å². The van der Waals surface area contributed by atoms with E-state index in [4.69, 9.17) is 0 Å². The van der Waals surface area contributed by atoms with Crippen molar-refractivity contribution in [2.45, 2.75) is 82.4 Å². The Morgan fingerprint density at radius 3 is 2.67 bits per heavy atom. The fraction of sp³-hybridized carbons (Fsp3) is 0.640. The van der Waals surface area contributed by atoms with Crippen molar-refractivity contribution in [3.8, 4) is 0 Å². The number of likely N-dealkylation sites (N-methyl/N-ethyl adjacent to an activating group) is 1. The van der Waals surface area contributed by atoms with Gasteiger partial charge in [0.15, 0.2) is 0 Å². The smallest absolute Gasteiger partial charge is 0.246 e. The molecule has 2 fully saturated rings. The van der Waals surface area contributed by atoms with E-state index in [1.807, 2.05) is 12.1 Å². The quantitative estimate of drug-likeness (QED) is 0.612. The van der Waals surface area contributed by atoms with Crippen molar-refractivity contribution in [1.82, 2.24) is 20.9 Å². The number of fused-ring (bicyclic) bond motifs is 2. The van der Waals surface area contributed by atoms with E-state index in [0.717, 1.165) is 31.4 Å². The van der Waals surface area contributed by atoms with E-state index in [2.05, 4.69) is 41.9 Å². The third kappa shape index (κ3) is 4.78. The minimum Gasteiger partial charge on any atom is -0.347 e. The first-order valence-corrected chi connectivity index (χ1v) is 13.1. The molecule has 7 nitrogen and oxygen atoms in total. The van der Waals surface area contributed by atoms with Gasteiger partial charge in [0.05, 0.1) is 17.5 Å². The van der Waals surface area contributed by atoms with Crippen LogP contribution in [0.2, 0.25) is 0 Å². The first-order valence-electron chi connectivity index (χ1n) is 12.0. The van der Waals surface area contributed by atoms with Gasteiger partial charge < -0.3 is 20.9 Å². The van der Waals surface area contributed by atoms with Crippen LogP contribution >= 0.6 is 11.8 Å². The predicted octanol–water partition coefficient (Wildman–Crippen LogP) is 2.36. The van der Waals surface area contributed by atoms with E-state index < -0.39 is 12.1 Å². The molecule has 1 aromatic carbocycles. The molecule has 0 saturated carbocycles. The second kappa shape index (κ2) is 9.66. The van der Waals surface area contributed by atoms with E-state index in [0.29, 0.717) is 6.42 Å². The number of carbonyl (C=O) groups is 3. The molecule has 3 N–H and O–H groups in total. The Hall–Kier alpha value is -2.06. The third-order valence-electron chi connectivity index (χ3n) is 7.38. The lowest BCUT2D eigenvalue weighted by molar-refractivity contribution is -0.144. The van der Waals surface area contributed by atoms with Crippen LogP contribution in [-0.4, -0.2) is 58.9 Å². The number of carbonyl (C=O) groups excluding carboxylic acids is 3. The molecule has 0 spiro atoms. The summed E-state index contributed by atoms with van der Waals surface area (Å²) in [5.41, 5.74) is 2.13. The van der Waals surface area contributed by atoms with Crippen LogP contribution in [0.25, 0.3) is 0 Å². The Morgan fingerprint density at radius 1 is 1.15 bits per heavy atom. The Labute approximate surface area is 200 Å². The largest absolute Gasteiger partial charge is 0.347 e. The summed E-state index contributed by atoms with van der Waals surface area (Å²) in [6.45, 7) is 5.92. The summed E-state index contributed by atoms with van der Waals surface area (Å²) in [6, 6.07) is 6.73. The summed E-state index contributed by atoms with van der Waals surface area (Å²) < 4.78 is 0. The number of thioether (sulfide) groups is 1. The number of hydrogen-bond acceptors (Lipinski definition) is 5. The molecule has 3 amide bonds. The molecule has 0 radical (unpaired) electrons.